The third kappa shape index (κ3) is 3.07. The molecule has 0 unspecified atom stereocenters. The number of hydrogen-bond donors (Lipinski definition) is 1. The topological polar surface area (TPSA) is 44.0 Å². The van der Waals surface area contributed by atoms with Crippen LogP contribution in [-0.4, -0.2) is 5.11 Å². The van der Waals surface area contributed by atoms with Crippen molar-refractivity contribution in [2.24, 2.45) is 0 Å². The third-order valence-corrected chi connectivity index (χ3v) is 2.58. The molecule has 0 bridgehead atoms. The van der Waals surface area contributed by atoms with Crippen molar-refractivity contribution >= 4 is 0 Å². The number of rotatable bonds is 5. The van der Waals surface area contributed by atoms with Crippen molar-refractivity contribution < 1.29 is 5.11 Å². The first-order valence-electron chi connectivity index (χ1n) is 5.42. The van der Waals surface area contributed by atoms with E-state index in [9.17, 15) is 5.11 Å². The highest BCUT2D eigenvalue weighted by Gasteiger charge is 2.27. The van der Waals surface area contributed by atoms with Crippen LogP contribution in [0, 0.1) is 11.3 Å². The summed E-state index contributed by atoms with van der Waals surface area (Å²) >= 11 is 0. The lowest BCUT2D eigenvalue weighted by Gasteiger charge is -2.20. The van der Waals surface area contributed by atoms with Gasteiger partial charge < -0.3 is 5.11 Å². The monoisotopic (exact) mass is 203 g/mol. The summed E-state index contributed by atoms with van der Waals surface area (Å²) in [5.74, 6) is 0. The van der Waals surface area contributed by atoms with Crippen LogP contribution in [0.3, 0.4) is 0 Å². The van der Waals surface area contributed by atoms with Gasteiger partial charge >= 0.3 is 0 Å². The van der Waals surface area contributed by atoms with Crippen LogP contribution in [0.25, 0.3) is 0 Å². The fourth-order valence-electron chi connectivity index (χ4n) is 1.61. The Bertz CT molecular complexity index is 328. The number of unbranched alkanes of at least 4 members (excludes halogenated alkanes) is 2. The summed E-state index contributed by atoms with van der Waals surface area (Å²) in [5.41, 5.74) is -0.611. The number of aliphatic hydroxyl groups is 1. The fourth-order valence-corrected chi connectivity index (χ4v) is 1.61. The molecular formula is C13H17NO. The Hall–Kier alpha value is -1.33. The third-order valence-electron chi connectivity index (χ3n) is 2.58. The molecule has 0 amide bonds. The lowest BCUT2D eigenvalue weighted by Crippen LogP contribution is -2.23. The zero-order valence-corrected chi connectivity index (χ0v) is 9.11. The molecule has 2 nitrogen and oxygen atoms in total. The van der Waals surface area contributed by atoms with E-state index in [0.29, 0.717) is 12.0 Å². The van der Waals surface area contributed by atoms with E-state index in [-0.39, 0.29) is 0 Å². The molecule has 0 fully saturated rings. The molecule has 2 heteroatoms. The van der Waals surface area contributed by atoms with Gasteiger partial charge in [0.1, 0.15) is 6.07 Å². The Balaban J connectivity index is 2.73. The van der Waals surface area contributed by atoms with Gasteiger partial charge in [-0.1, -0.05) is 50.1 Å². The smallest absolute Gasteiger partial charge is 0.176 e. The Morgan fingerprint density at radius 3 is 2.47 bits per heavy atom. The highest BCUT2D eigenvalue weighted by molar-refractivity contribution is 5.28. The lowest BCUT2D eigenvalue weighted by molar-refractivity contribution is 0.0847. The number of benzene rings is 1. The summed E-state index contributed by atoms with van der Waals surface area (Å²) in [6.07, 6.45) is 3.55. The molecule has 0 aliphatic carbocycles. The molecule has 0 aliphatic rings. The van der Waals surface area contributed by atoms with Crippen molar-refractivity contribution in [1.29, 1.82) is 5.26 Å². The average molecular weight is 203 g/mol. The summed E-state index contributed by atoms with van der Waals surface area (Å²) in [4.78, 5) is 0. The summed E-state index contributed by atoms with van der Waals surface area (Å²) in [7, 11) is 0. The van der Waals surface area contributed by atoms with Gasteiger partial charge in [-0.2, -0.15) is 5.26 Å². The first kappa shape index (κ1) is 11.7. The Morgan fingerprint density at radius 2 is 1.93 bits per heavy atom. The number of nitrogens with zero attached hydrogens (tertiary/aromatic N) is 1. The Morgan fingerprint density at radius 1 is 1.27 bits per heavy atom. The maximum atomic E-state index is 10.2. The predicted octanol–water partition coefficient (Wildman–Crippen LogP) is 2.98. The zero-order chi connectivity index (χ0) is 11.1. The van der Waals surface area contributed by atoms with E-state index in [1.165, 1.54) is 0 Å². The maximum Gasteiger partial charge on any atom is 0.176 e. The van der Waals surface area contributed by atoms with Crippen LogP contribution < -0.4 is 0 Å². The molecule has 0 aromatic heterocycles. The lowest BCUT2D eigenvalue weighted by atomic mass is 9.90. The van der Waals surface area contributed by atoms with Gasteiger partial charge in [0.25, 0.3) is 0 Å². The van der Waals surface area contributed by atoms with Crippen LogP contribution in [0.4, 0.5) is 0 Å². The van der Waals surface area contributed by atoms with Gasteiger partial charge in [-0.05, 0) is 18.4 Å². The van der Waals surface area contributed by atoms with E-state index in [1.807, 2.05) is 24.3 Å². The second kappa shape index (κ2) is 5.53. The predicted molar refractivity (Wildman–Crippen MR) is 60.1 cm³/mol. The van der Waals surface area contributed by atoms with E-state index in [1.54, 1.807) is 12.1 Å². The zero-order valence-electron chi connectivity index (χ0n) is 9.11. The van der Waals surface area contributed by atoms with Gasteiger partial charge in [0.2, 0.25) is 0 Å². The van der Waals surface area contributed by atoms with Crippen LogP contribution in [0.1, 0.15) is 38.2 Å². The molecule has 0 saturated heterocycles. The van der Waals surface area contributed by atoms with Gasteiger partial charge in [0, 0.05) is 0 Å². The second-order valence-electron chi connectivity index (χ2n) is 3.80. The Labute approximate surface area is 91.2 Å². The standard InChI is InChI=1S/C13H17NO/c1-2-3-7-10-13(15,11-14)12-8-5-4-6-9-12/h4-6,8-9,15H,2-3,7,10H2,1H3/t13-/m0/s1. The molecule has 1 atom stereocenters. The van der Waals surface area contributed by atoms with Crippen molar-refractivity contribution in [3.63, 3.8) is 0 Å². The number of hydrogen-bond acceptors (Lipinski definition) is 2. The van der Waals surface area contributed by atoms with Crippen LogP contribution in [0.15, 0.2) is 30.3 Å². The molecular weight excluding hydrogens is 186 g/mol. The highest BCUT2D eigenvalue weighted by atomic mass is 16.3. The average Bonchev–Trinajstić information content (AvgIpc) is 2.30. The van der Waals surface area contributed by atoms with E-state index >= 15 is 0 Å². The molecule has 1 aromatic rings. The molecule has 1 aromatic carbocycles. The van der Waals surface area contributed by atoms with Crippen LogP contribution in [0.2, 0.25) is 0 Å². The summed E-state index contributed by atoms with van der Waals surface area (Å²) in [6, 6.07) is 11.2. The first-order valence-corrected chi connectivity index (χ1v) is 5.42. The molecule has 15 heavy (non-hydrogen) atoms. The van der Waals surface area contributed by atoms with Crippen LogP contribution >= 0.6 is 0 Å². The largest absolute Gasteiger partial charge is 0.371 e. The molecule has 1 rings (SSSR count). The van der Waals surface area contributed by atoms with Crippen molar-refractivity contribution in [3.05, 3.63) is 35.9 Å². The minimum atomic E-state index is -1.31. The van der Waals surface area contributed by atoms with Crippen molar-refractivity contribution in [3.8, 4) is 6.07 Å². The molecule has 0 aliphatic heterocycles. The van der Waals surface area contributed by atoms with E-state index in [0.717, 1.165) is 19.3 Å². The molecule has 0 heterocycles. The van der Waals surface area contributed by atoms with Crippen molar-refractivity contribution in [1.82, 2.24) is 0 Å². The quantitative estimate of drug-likeness (QED) is 0.590. The molecule has 1 N–H and O–H groups in total. The van der Waals surface area contributed by atoms with Crippen LogP contribution in [-0.2, 0) is 5.60 Å². The first-order chi connectivity index (χ1) is 7.23. The summed E-state index contributed by atoms with van der Waals surface area (Å²) in [6.45, 7) is 2.11. The van der Waals surface area contributed by atoms with E-state index < -0.39 is 5.60 Å². The summed E-state index contributed by atoms with van der Waals surface area (Å²) in [5, 5.41) is 19.2. The van der Waals surface area contributed by atoms with E-state index in [2.05, 4.69) is 6.92 Å². The van der Waals surface area contributed by atoms with Crippen LogP contribution in [0.5, 0.6) is 0 Å². The van der Waals surface area contributed by atoms with Gasteiger partial charge in [-0.15, -0.1) is 0 Å². The van der Waals surface area contributed by atoms with Gasteiger partial charge in [-0.3, -0.25) is 0 Å². The minimum absolute atomic E-state index is 0.515. The molecule has 0 spiro atoms. The van der Waals surface area contributed by atoms with Crippen molar-refractivity contribution in [2.45, 2.75) is 38.2 Å². The Kier molecular flexibility index (Phi) is 4.33. The second-order valence-corrected chi connectivity index (χ2v) is 3.80. The highest BCUT2D eigenvalue weighted by Crippen LogP contribution is 2.26. The van der Waals surface area contributed by atoms with E-state index in [4.69, 9.17) is 5.26 Å². The van der Waals surface area contributed by atoms with Crippen molar-refractivity contribution in [2.75, 3.05) is 0 Å². The fraction of sp³-hybridized carbons (Fsp3) is 0.462. The minimum Gasteiger partial charge on any atom is -0.371 e. The van der Waals surface area contributed by atoms with Gasteiger partial charge in [0.15, 0.2) is 5.60 Å². The van der Waals surface area contributed by atoms with Gasteiger partial charge in [0.05, 0.1) is 0 Å². The van der Waals surface area contributed by atoms with Gasteiger partial charge in [-0.25, -0.2) is 0 Å². The molecule has 0 saturated carbocycles. The molecule has 80 valence electrons. The number of nitriles is 1. The summed E-state index contributed by atoms with van der Waals surface area (Å²) < 4.78 is 0. The SMILES string of the molecule is CCCCC[C@](O)(C#N)c1ccccc1. The molecule has 0 radical (unpaired) electrons. The maximum absolute atomic E-state index is 10.2. The normalized spacial score (nSPS) is 14.2.